The van der Waals surface area contributed by atoms with E-state index in [1.807, 2.05) is 0 Å². The lowest BCUT2D eigenvalue weighted by Crippen LogP contribution is -2.34. The Labute approximate surface area is 79.7 Å². The lowest BCUT2D eigenvalue weighted by atomic mass is 9.69. The van der Waals surface area contributed by atoms with Crippen LogP contribution in [0.25, 0.3) is 0 Å². The normalized spacial score (nSPS) is 36.3. The molecule has 0 spiro atoms. The molecule has 2 rings (SSSR count). The minimum Gasteiger partial charge on any atom is -0.380 e. The predicted octanol–water partition coefficient (Wildman–Crippen LogP) is 2.17. The molecule has 0 bridgehead atoms. The molecule has 0 N–H and O–H groups in total. The van der Waals surface area contributed by atoms with Crippen LogP contribution in [0, 0.1) is 11.3 Å². The first kappa shape index (κ1) is 9.20. The Morgan fingerprint density at radius 2 is 2.00 bits per heavy atom. The zero-order chi connectivity index (χ0) is 9.15. The van der Waals surface area contributed by atoms with Crippen LogP contribution in [-0.4, -0.2) is 19.5 Å². The number of carbonyl (C=O) groups excluding carboxylic acids is 1. The van der Waals surface area contributed by atoms with Gasteiger partial charge in [-0.3, -0.25) is 0 Å². The summed E-state index contributed by atoms with van der Waals surface area (Å²) >= 11 is 0. The van der Waals surface area contributed by atoms with Gasteiger partial charge in [0.1, 0.15) is 6.29 Å². The second kappa shape index (κ2) is 3.79. The molecule has 13 heavy (non-hydrogen) atoms. The molecule has 0 radical (unpaired) electrons. The van der Waals surface area contributed by atoms with Crippen molar-refractivity contribution in [3.05, 3.63) is 0 Å². The highest BCUT2D eigenvalue weighted by atomic mass is 16.5. The van der Waals surface area contributed by atoms with Crippen LogP contribution < -0.4 is 0 Å². The minimum atomic E-state index is -0.0968. The quantitative estimate of drug-likeness (QED) is 0.612. The first-order valence-corrected chi connectivity index (χ1v) is 5.41. The van der Waals surface area contributed by atoms with E-state index in [4.69, 9.17) is 4.74 Å². The molecule has 1 saturated heterocycles. The molecule has 2 aliphatic rings. The Morgan fingerprint density at radius 3 is 2.54 bits per heavy atom. The molecule has 1 atom stereocenters. The molecule has 74 valence electrons. The fourth-order valence-electron chi connectivity index (χ4n) is 2.79. The van der Waals surface area contributed by atoms with E-state index < -0.39 is 0 Å². The summed E-state index contributed by atoms with van der Waals surface area (Å²) in [6, 6.07) is 0. The Kier molecular flexibility index (Phi) is 2.68. The van der Waals surface area contributed by atoms with Crippen molar-refractivity contribution < 1.29 is 9.53 Å². The van der Waals surface area contributed by atoms with Gasteiger partial charge in [-0.2, -0.15) is 0 Å². The summed E-state index contributed by atoms with van der Waals surface area (Å²) < 4.78 is 5.37. The van der Waals surface area contributed by atoms with Gasteiger partial charge in [-0.1, -0.05) is 19.3 Å². The lowest BCUT2D eigenvalue weighted by Gasteiger charge is -2.34. The molecule has 0 amide bonds. The van der Waals surface area contributed by atoms with Gasteiger partial charge in [-0.25, -0.2) is 0 Å². The third-order valence-electron chi connectivity index (χ3n) is 3.74. The van der Waals surface area contributed by atoms with Gasteiger partial charge >= 0.3 is 0 Å². The van der Waals surface area contributed by atoms with Gasteiger partial charge in [0.25, 0.3) is 0 Å². The SMILES string of the molecule is O=CC1(C2CCCCC2)CCOC1. The molecule has 1 heterocycles. The highest BCUT2D eigenvalue weighted by Gasteiger charge is 2.42. The Hall–Kier alpha value is -0.370. The highest BCUT2D eigenvalue weighted by molar-refractivity contribution is 5.60. The van der Waals surface area contributed by atoms with Gasteiger partial charge < -0.3 is 9.53 Å². The molecule has 1 aliphatic carbocycles. The molecule has 0 aromatic heterocycles. The molecule has 1 saturated carbocycles. The summed E-state index contributed by atoms with van der Waals surface area (Å²) in [5.74, 6) is 0.612. The molecule has 2 fully saturated rings. The minimum absolute atomic E-state index is 0.0968. The maximum atomic E-state index is 11.1. The van der Waals surface area contributed by atoms with Crippen LogP contribution in [0.15, 0.2) is 0 Å². The molecule has 0 aromatic carbocycles. The smallest absolute Gasteiger partial charge is 0.128 e. The van der Waals surface area contributed by atoms with Crippen molar-refractivity contribution in [2.24, 2.45) is 11.3 Å². The third-order valence-corrected chi connectivity index (χ3v) is 3.74. The van der Waals surface area contributed by atoms with E-state index in [9.17, 15) is 4.79 Å². The third kappa shape index (κ3) is 1.64. The maximum Gasteiger partial charge on any atom is 0.128 e. The van der Waals surface area contributed by atoms with E-state index in [-0.39, 0.29) is 5.41 Å². The zero-order valence-corrected chi connectivity index (χ0v) is 8.13. The Bertz CT molecular complexity index is 177. The van der Waals surface area contributed by atoms with Crippen LogP contribution in [-0.2, 0) is 9.53 Å². The number of ether oxygens (including phenoxy) is 1. The topological polar surface area (TPSA) is 26.3 Å². The molecular weight excluding hydrogens is 164 g/mol. The average molecular weight is 182 g/mol. The van der Waals surface area contributed by atoms with Gasteiger partial charge in [0.2, 0.25) is 0 Å². The first-order valence-electron chi connectivity index (χ1n) is 5.41. The first-order chi connectivity index (χ1) is 6.37. The summed E-state index contributed by atoms with van der Waals surface area (Å²) in [5, 5.41) is 0. The van der Waals surface area contributed by atoms with Crippen molar-refractivity contribution in [1.29, 1.82) is 0 Å². The van der Waals surface area contributed by atoms with Crippen LogP contribution >= 0.6 is 0 Å². The number of hydrogen-bond donors (Lipinski definition) is 0. The van der Waals surface area contributed by atoms with E-state index in [1.54, 1.807) is 0 Å². The van der Waals surface area contributed by atoms with Gasteiger partial charge in [-0.05, 0) is 25.2 Å². The van der Waals surface area contributed by atoms with Crippen molar-refractivity contribution in [3.8, 4) is 0 Å². The van der Waals surface area contributed by atoms with Crippen LogP contribution in [0.5, 0.6) is 0 Å². The molecular formula is C11H18O2. The summed E-state index contributed by atoms with van der Waals surface area (Å²) in [7, 11) is 0. The zero-order valence-electron chi connectivity index (χ0n) is 8.13. The monoisotopic (exact) mass is 182 g/mol. The standard InChI is InChI=1S/C11H18O2/c12-8-11(6-7-13-9-11)10-4-2-1-3-5-10/h8,10H,1-7,9H2. The van der Waals surface area contributed by atoms with Gasteiger partial charge in [0.15, 0.2) is 0 Å². The van der Waals surface area contributed by atoms with E-state index in [1.165, 1.54) is 38.4 Å². The number of rotatable bonds is 2. The molecule has 1 aliphatic heterocycles. The van der Waals surface area contributed by atoms with E-state index in [0.717, 1.165) is 13.0 Å². The lowest BCUT2D eigenvalue weighted by molar-refractivity contribution is -0.120. The summed E-state index contributed by atoms with van der Waals surface area (Å²) in [6.07, 6.45) is 8.58. The number of aldehydes is 1. The Balaban J connectivity index is 2.05. The molecule has 2 nitrogen and oxygen atoms in total. The average Bonchev–Trinajstić information content (AvgIpc) is 2.69. The number of hydrogen-bond acceptors (Lipinski definition) is 2. The van der Waals surface area contributed by atoms with Crippen molar-refractivity contribution in [2.45, 2.75) is 38.5 Å². The number of carbonyl (C=O) groups is 1. The van der Waals surface area contributed by atoms with Crippen molar-refractivity contribution >= 4 is 6.29 Å². The van der Waals surface area contributed by atoms with E-state index in [2.05, 4.69) is 0 Å². The highest BCUT2D eigenvalue weighted by Crippen LogP contribution is 2.42. The Morgan fingerprint density at radius 1 is 1.23 bits per heavy atom. The molecule has 2 heteroatoms. The fraction of sp³-hybridized carbons (Fsp3) is 0.909. The second-order valence-corrected chi connectivity index (χ2v) is 4.49. The van der Waals surface area contributed by atoms with Crippen molar-refractivity contribution in [1.82, 2.24) is 0 Å². The summed E-state index contributed by atoms with van der Waals surface area (Å²) in [5.41, 5.74) is -0.0968. The summed E-state index contributed by atoms with van der Waals surface area (Å²) in [4.78, 5) is 11.1. The van der Waals surface area contributed by atoms with E-state index >= 15 is 0 Å². The predicted molar refractivity (Wildman–Crippen MR) is 50.5 cm³/mol. The van der Waals surface area contributed by atoms with Crippen LogP contribution in [0.4, 0.5) is 0 Å². The maximum absolute atomic E-state index is 11.1. The fourth-order valence-corrected chi connectivity index (χ4v) is 2.79. The van der Waals surface area contributed by atoms with Crippen LogP contribution in [0.3, 0.4) is 0 Å². The van der Waals surface area contributed by atoms with E-state index in [0.29, 0.717) is 12.5 Å². The second-order valence-electron chi connectivity index (χ2n) is 4.49. The van der Waals surface area contributed by atoms with Crippen LogP contribution in [0.2, 0.25) is 0 Å². The van der Waals surface area contributed by atoms with Gasteiger partial charge in [-0.15, -0.1) is 0 Å². The van der Waals surface area contributed by atoms with Gasteiger partial charge in [0.05, 0.1) is 12.0 Å². The van der Waals surface area contributed by atoms with Crippen LogP contribution in [0.1, 0.15) is 38.5 Å². The van der Waals surface area contributed by atoms with Crippen molar-refractivity contribution in [2.75, 3.05) is 13.2 Å². The van der Waals surface area contributed by atoms with Gasteiger partial charge in [0, 0.05) is 6.61 Å². The van der Waals surface area contributed by atoms with Crippen molar-refractivity contribution in [3.63, 3.8) is 0 Å². The summed E-state index contributed by atoms with van der Waals surface area (Å²) in [6.45, 7) is 1.47. The molecule has 1 unspecified atom stereocenters. The molecule has 0 aromatic rings. The largest absolute Gasteiger partial charge is 0.380 e.